The first-order valence-electron chi connectivity index (χ1n) is 5.11. The van der Waals surface area contributed by atoms with E-state index in [9.17, 15) is 0 Å². The second-order valence-electron chi connectivity index (χ2n) is 3.48. The summed E-state index contributed by atoms with van der Waals surface area (Å²) in [5.41, 5.74) is 7.07. The summed E-state index contributed by atoms with van der Waals surface area (Å²) in [6.07, 6.45) is 5.55. The summed E-state index contributed by atoms with van der Waals surface area (Å²) in [5.74, 6) is 0.403. The van der Waals surface area contributed by atoms with Crippen molar-refractivity contribution in [2.45, 2.75) is 25.8 Å². The van der Waals surface area contributed by atoms with Crippen LogP contribution in [0.1, 0.15) is 19.3 Å². The summed E-state index contributed by atoms with van der Waals surface area (Å²) in [6.45, 7) is 0.800. The van der Waals surface area contributed by atoms with Gasteiger partial charge in [-0.05, 0) is 12.8 Å². The van der Waals surface area contributed by atoms with E-state index in [1.165, 1.54) is 6.33 Å². The van der Waals surface area contributed by atoms with Crippen LogP contribution in [0.25, 0.3) is 11.2 Å². The molecule has 0 fully saturated rings. The quantitative estimate of drug-likeness (QED) is 0.772. The SMILES string of the molecule is N#CCCCCn1cnc2c(N)ncnc21. The lowest BCUT2D eigenvalue weighted by Crippen LogP contribution is -1.99. The van der Waals surface area contributed by atoms with Crippen LogP contribution in [0.15, 0.2) is 12.7 Å². The Kier molecular flexibility index (Phi) is 2.96. The number of hydrogen-bond donors (Lipinski definition) is 1. The van der Waals surface area contributed by atoms with Crippen molar-refractivity contribution in [2.75, 3.05) is 5.73 Å². The fourth-order valence-corrected chi connectivity index (χ4v) is 1.55. The Morgan fingerprint density at radius 2 is 2.19 bits per heavy atom. The fourth-order valence-electron chi connectivity index (χ4n) is 1.55. The highest BCUT2D eigenvalue weighted by Gasteiger charge is 2.06. The second kappa shape index (κ2) is 4.57. The monoisotopic (exact) mass is 216 g/mol. The number of nitrogen functional groups attached to an aromatic ring is 1. The molecule has 0 spiro atoms. The third-order valence-corrected chi connectivity index (χ3v) is 2.37. The molecule has 2 N–H and O–H groups in total. The van der Waals surface area contributed by atoms with E-state index in [-0.39, 0.29) is 0 Å². The van der Waals surface area contributed by atoms with E-state index in [0.717, 1.165) is 25.0 Å². The molecule has 2 aromatic rings. The van der Waals surface area contributed by atoms with Crippen LogP contribution < -0.4 is 5.73 Å². The third-order valence-electron chi connectivity index (χ3n) is 2.37. The van der Waals surface area contributed by atoms with Gasteiger partial charge in [0, 0.05) is 13.0 Å². The van der Waals surface area contributed by atoms with Crippen LogP contribution in [-0.4, -0.2) is 19.5 Å². The Labute approximate surface area is 92.7 Å². The van der Waals surface area contributed by atoms with E-state index < -0.39 is 0 Å². The number of fused-ring (bicyclic) bond motifs is 1. The number of nitrogens with two attached hydrogens (primary N) is 1. The van der Waals surface area contributed by atoms with E-state index in [2.05, 4.69) is 21.0 Å². The Morgan fingerprint density at radius 3 is 3.00 bits per heavy atom. The van der Waals surface area contributed by atoms with Gasteiger partial charge in [0.05, 0.1) is 12.4 Å². The van der Waals surface area contributed by atoms with Gasteiger partial charge in [0.1, 0.15) is 11.8 Å². The van der Waals surface area contributed by atoms with Crippen molar-refractivity contribution in [3.05, 3.63) is 12.7 Å². The molecule has 82 valence electrons. The molecule has 6 nitrogen and oxygen atoms in total. The van der Waals surface area contributed by atoms with E-state index in [1.54, 1.807) is 6.33 Å². The molecule has 2 heterocycles. The van der Waals surface area contributed by atoms with Gasteiger partial charge in [-0.15, -0.1) is 0 Å². The average molecular weight is 216 g/mol. The highest BCUT2D eigenvalue weighted by Crippen LogP contribution is 2.14. The van der Waals surface area contributed by atoms with Gasteiger partial charge in [0.2, 0.25) is 0 Å². The normalized spacial score (nSPS) is 10.4. The molecule has 0 aromatic carbocycles. The summed E-state index contributed by atoms with van der Waals surface area (Å²) in [4.78, 5) is 12.2. The zero-order valence-electron chi connectivity index (χ0n) is 8.80. The van der Waals surface area contributed by atoms with Gasteiger partial charge in [-0.3, -0.25) is 0 Å². The maximum atomic E-state index is 8.43. The number of aryl methyl sites for hydroxylation is 1. The van der Waals surface area contributed by atoms with Crippen molar-refractivity contribution in [1.82, 2.24) is 19.5 Å². The number of anilines is 1. The molecule has 6 heteroatoms. The van der Waals surface area contributed by atoms with Crippen molar-refractivity contribution in [3.8, 4) is 6.07 Å². The lowest BCUT2D eigenvalue weighted by molar-refractivity contribution is 0.625. The highest BCUT2D eigenvalue weighted by atomic mass is 15.1. The Hall–Kier alpha value is -2.16. The van der Waals surface area contributed by atoms with Gasteiger partial charge >= 0.3 is 0 Å². The van der Waals surface area contributed by atoms with Crippen LogP contribution in [-0.2, 0) is 6.54 Å². The van der Waals surface area contributed by atoms with Crippen molar-refractivity contribution >= 4 is 17.0 Å². The molecule has 0 unspecified atom stereocenters. The first-order chi connectivity index (χ1) is 7.83. The van der Waals surface area contributed by atoms with Gasteiger partial charge in [0.15, 0.2) is 11.5 Å². The van der Waals surface area contributed by atoms with E-state index in [0.29, 0.717) is 17.8 Å². The van der Waals surface area contributed by atoms with E-state index >= 15 is 0 Å². The predicted octanol–water partition coefficient (Wildman–Crippen LogP) is 1.10. The molecular weight excluding hydrogens is 204 g/mol. The van der Waals surface area contributed by atoms with Gasteiger partial charge in [-0.1, -0.05) is 0 Å². The number of rotatable bonds is 4. The van der Waals surface area contributed by atoms with Gasteiger partial charge in [-0.2, -0.15) is 5.26 Å². The average Bonchev–Trinajstić information content (AvgIpc) is 2.70. The van der Waals surface area contributed by atoms with Crippen molar-refractivity contribution < 1.29 is 0 Å². The molecule has 0 aliphatic rings. The molecule has 0 bridgehead atoms. The molecular formula is C10H12N6. The smallest absolute Gasteiger partial charge is 0.165 e. The largest absolute Gasteiger partial charge is 0.382 e. The van der Waals surface area contributed by atoms with E-state index in [1.807, 2.05) is 4.57 Å². The van der Waals surface area contributed by atoms with Gasteiger partial charge < -0.3 is 10.3 Å². The number of unbranched alkanes of at least 4 members (excludes halogenated alkanes) is 2. The predicted molar refractivity (Wildman–Crippen MR) is 59.2 cm³/mol. The molecule has 0 aliphatic heterocycles. The summed E-state index contributed by atoms with van der Waals surface area (Å²) < 4.78 is 1.94. The minimum atomic E-state index is 0.403. The van der Waals surface area contributed by atoms with Crippen LogP contribution >= 0.6 is 0 Å². The minimum Gasteiger partial charge on any atom is -0.382 e. The molecule has 0 saturated carbocycles. The Morgan fingerprint density at radius 1 is 1.31 bits per heavy atom. The first kappa shape index (κ1) is 10.4. The standard InChI is InChI=1S/C10H12N6/c11-4-2-1-3-5-16-7-15-8-9(12)13-6-14-10(8)16/h6-7H,1-3,5H2,(H2,12,13,14). The number of nitrogens with zero attached hydrogens (tertiary/aromatic N) is 5. The zero-order chi connectivity index (χ0) is 11.4. The summed E-state index contributed by atoms with van der Waals surface area (Å²) in [7, 11) is 0. The molecule has 0 radical (unpaired) electrons. The zero-order valence-corrected chi connectivity index (χ0v) is 8.80. The van der Waals surface area contributed by atoms with Crippen molar-refractivity contribution in [1.29, 1.82) is 5.26 Å². The number of aromatic nitrogens is 4. The third kappa shape index (κ3) is 1.93. The van der Waals surface area contributed by atoms with Crippen molar-refractivity contribution in [3.63, 3.8) is 0 Å². The highest BCUT2D eigenvalue weighted by molar-refractivity contribution is 5.80. The first-order valence-corrected chi connectivity index (χ1v) is 5.11. The molecule has 0 aliphatic carbocycles. The Balaban J connectivity index is 2.14. The summed E-state index contributed by atoms with van der Waals surface area (Å²) >= 11 is 0. The molecule has 0 amide bonds. The second-order valence-corrected chi connectivity index (χ2v) is 3.48. The topological polar surface area (TPSA) is 93.4 Å². The van der Waals surface area contributed by atoms with Crippen LogP contribution in [0, 0.1) is 11.3 Å². The lowest BCUT2D eigenvalue weighted by atomic mass is 10.2. The number of nitriles is 1. The van der Waals surface area contributed by atoms with Gasteiger partial charge in [0.25, 0.3) is 0 Å². The van der Waals surface area contributed by atoms with Crippen LogP contribution in [0.3, 0.4) is 0 Å². The molecule has 16 heavy (non-hydrogen) atoms. The van der Waals surface area contributed by atoms with Crippen LogP contribution in [0.5, 0.6) is 0 Å². The maximum absolute atomic E-state index is 8.43. The Bertz CT molecular complexity index is 524. The fraction of sp³-hybridized carbons (Fsp3) is 0.400. The van der Waals surface area contributed by atoms with Gasteiger partial charge in [-0.25, -0.2) is 15.0 Å². The summed E-state index contributed by atoms with van der Waals surface area (Å²) in [5, 5.41) is 8.43. The maximum Gasteiger partial charge on any atom is 0.165 e. The lowest BCUT2D eigenvalue weighted by Gasteiger charge is -2.01. The molecule has 0 atom stereocenters. The van der Waals surface area contributed by atoms with E-state index in [4.69, 9.17) is 11.0 Å². The van der Waals surface area contributed by atoms with Crippen molar-refractivity contribution in [2.24, 2.45) is 0 Å². The molecule has 0 saturated heterocycles. The number of imidazole rings is 1. The van der Waals surface area contributed by atoms with Crippen LogP contribution in [0.2, 0.25) is 0 Å². The van der Waals surface area contributed by atoms with Crippen LogP contribution in [0.4, 0.5) is 5.82 Å². The molecule has 2 aromatic heterocycles. The number of hydrogen-bond acceptors (Lipinski definition) is 5. The molecule has 2 rings (SSSR count). The summed E-state index contributed by atoms with van der Waals surface area (Å²) in [6, 6.07) is 2.12. The minimum absolute atomic E-state index is 0.403.